The Labute approximate surface area is 227 Å². The predicted molar refractivity (Wildman–Crippen MR) is 166 cm³/mol. The van der Waals surface area contributed by atoms with Crippen molar-refractivity contribution in [2.75, 3.05) is 0 Å². The van der Waals surface area contributed by atoms with E-state index in [4.69, 9.17) is 4.98 Å². The molecule has 0 saturated carbocycles. The van der Waals surface area contributed by atoms with Gasteiger partial charge in [-0.2, -0.15) is 0 Å². The van der Waals surface area contributed by atoms with E-state index in [9.17, 15) is 0 Å². The highest BCUT2D eigenvalue weighted by molar-refractivity contribution is 7.25. The van der Waals surface area contributed by atoms with Crippen LogP contribution in [0.5, 0.6) is 0 Å². The molecule has 9 rings (SSSR count). The Balaban J connectivity index is 1.28. The van der Waals surface area contributed by atoms with Crippen molar-refractivity contribution in [3.63, 3.8) is 0 Å². The van der Waals surface area contributed by atoms with Gasteiger partial charge in [0.05, 0.1) is 22.1 Å². The van der Waals surface area contributed by atoms with Crippen molar-refractivity contribution in [1.82, 2.24) is 14.1 Å². The van der Waals surface area contributed by atoms with Gasteiger partial charge >= 0.3 is 0 Å². The molecule has 4 aromatic heterocycles. The summed E-state index contributed by atoms with van der Waals surface area (Å²) in [6.45, 7) is 0. The first kappa shape index (κ1) is 21.1. The summed E-state index contributed by atoms with van der Waals surface area (Å²) >= 11 is 1.83. The van der Waals surface area contributed by atoms with Crippen molar-refractivity contribution in [1.29, 1.82) is 0 Å². The largest absolute Gasteiger partial charge is 0.309 e. The van der Waals surface area contributed by atoms with Crippen LogP contribution in [0.4, 0.5) is 0 Å². The molecule has 0 aliphatic carbocycles. The highest BCUT2D eigenvalue weighted by Gasteiger charge is 2.16. The molecule has 0 amide bonds. The van der Waals surface area contributed by atoms with Gasteiger partial charge in [0.15, 0.2) is 0 Å². The van der Waals surface area contributed by atoms with Gasteiger partial charge in [0.2, 0.25) is 0 Å². The Bertz CT molecular complexity index is 2300. The van der Waals surface area contributed by atoms with E-state index in [1.165, 1.54) is 69.5 Å². The highest BCUT2D eigenvalue weighted by Crippen LogP contribution is 2.39. The van der Waals surface area contributed by atoms with Crippen molar-refractivity contribution in [2.24, 2.45) is 0 Å². The Kier molecular flexibility index (Phi) is 4.21. The lowest BCUT2D eigenvalue weighted by Gasteiger charge is -2.08. The smallest absolute Gasteiger partial charge is 0.138 e. The van der Waals surface area contributed by atoms with Gasteiger partial charge < -0.3 is 4.57 Å². The molecule has 0 atom stereocenters. The van der Waals surface area contributed by atoms with Gasteiger partial charge in [0.25, 0.3) is 0 Å². The van der Waals surface area contributed by atoms with Crippen LogP contribution in [0.1, 0.15) is 0 Å². The molecule has 0 radical (unpaired) electrons. The molecular weight excluding hydrogens is 494 g/mol. The van der Waals surface area contributed by atoms with Crippen LogP contribution in [-0.4, -0.2) is 14.1 Å². The van der Waals surface area contributed by atoms with E-state index in [1.807, 2.05) is 11.3 Å². The number of benzene rings is 5. The van der Waals surface area contributed by atoms with Crippen LogP contribution in [0.3, 0.4) is 0 Å². The lowest BCUT2D eigenvalue weighted by atomic mass is 10.1. The summed E-state index contributed by atoms with van der Waals surface area (Å²) in [5.41, 5.74) is 5.99. The molecule has 4 heteroatoms. The number of rotatable bonds is 2. The SMILES string of the molecule is c1ccc2c(c1)c1ccccc1n2-c1ccc2sc3cc(-n4c5ccccc5c5ccccc54)ncc3c2c1. The molecule has 39 heavy (non-hydrogen) atoms. The zero-order valence-corrected chi connectivity index (χ0v) is 21.7. The van der Waals surface area contributed by atoms with Crippen molar-refractivity contribution < 1.29 is 0 Å². The Morgan fingerprint density at radius 1 is 0.436 bits per heavy atom. The second-order valence-electron chi connectivity index (χ2n) is 10.1. The lowest BCUT2D eigenvalue weighted by molar-refractivity contribution is 1.09. The molecule has 182 valence electrons. The van der Waals surface area contributed by atoms with Crippen LogP contribution in [-0.2, 0) is 0 Å². The van der Waals surface area contributed by atoms with Crippen molar-refractivity contribution in [2.45, 2.75) is 0 Å². The minimum Gasteiger partial charge on any atom is -0.309 e. The molecule has 4 heterocycles. The van der Waals surface area contributed by atoms with Crippen LogP contribution in [0, 0.1) is 0 Å². The Hall–Kier alpha value is -4.93. The van der Waals surface area contributed by atoms with Gasteiger partial charge in [-0.25, -0.2) is 4.98 Å². The average molecular weight is 516 g/mol. The first-order chi connectivity index (χ1) is 19.3. The van der Waals surface area contributed by atoms with Crippen molar-refractivity contribution in [3.8, 4) is 11.5 Å². The normalized spacial score (nSPS) is 12.1. The van der Waals surface area contributed by atoms with E-state index in [1.54, 1.807) is 0 Å². The number of hydrogen-bond acceptors (Lipinski definition) is 2. The average Bonchev–Trinajstić information content (AvgIpc) is 3.64. The quantitative estimate of drug-likeness (QED) is 0.225. The zero-order chi connectivity index (χ0) is 25.5. The van der Waals surface area contributed by atoms with Crippen LogP contribution in [0.25, 0.3) is 75.3 Å². The molecule has 0 unspecified atom stereocenters. The second kappa shape index (κ2) is 7.79. The Morgan fingerprint density at radius 3 is 1.51 bits per heavy atom. The van der Waals surface area contributed by atoms with E-state index < -0.39 is 0 Å². The fraction of sp³-hybridized carbons (Fsp3) is 0. The molecule has 0 aliphatic heterocycles. The third-order valence-electron chi connectivity index (χ3n) is 7.97. The van der Waals surface area contributed by atoms with E-state index in [-0.39, 0.29) is 0 Å². The molecule has 5 aromatic carbocycles. The number of hydrogen-bond donors (Lipinski definition) is 0. The summed E-state index contributed by atoms with van der Waals surface area (Å²) in [4.78, 5) is 5.03. The van der Waals surface area contributed by atoms with Gasteiger partial charge in [-0.15, -0.1) is 11.3 Å². The molecular formula is C35H21N3S. The maximum atomic E-state index is 5.03. The molecule has 0 spiro atoms. The third-order valence-corrected chi connectivity index (χ3v) is 9.11. The van der Waals surface area contributed by atoms with Gasteiger partial charge in [-0.3, -0.25) is 4.57 Å². The van der Waals surface area contributed by atoms with E-state index >= 15 is 0 Å². The predicted octanol–water partition coefficient (Wildman–Crippen LogP) is 9.64. The monoisotopic (exact) mass is 515 g/mol. The first-order valence-electron chi connectivity index (χ1n) is 13.1. The third kappa shape index (κ3) is 2.89. The van der Waals surface area contributed by atoms with Crippen molar-refractivity contribution in [3.05, 3.63) is 128 Å². The summed E-state index contributed by atoms with van der Waals surface area (Å²) in [6, 6.07) is 43.6. The standard InChI is InChI=1S/C35H21N3S/c1-5-13-29-23(9-1)24-10-2-6-14-30(24)37(29)22-17-18-33-27(19-22)28-21-36-35(20-34(28)39-33)38-31-15-7-3-11-25(31)26-12-4-8-16-32(26)38/h1-21H. The molecule has 0 N–H and O–H groups in total. The van der Waals surface area contributed by atoms with Crippen LogP contribution >= 0.6 is 11.3 Å². The number of thiophene rings is 1. The number of para-hydroxylation sites is 4. The highest BCUT2D eigenvalue weighted by atomic mass is 32.1. The van der Waals surface area contributed by atoms with Crippen LogP contribution in [0.15, 0.2) is 128 Å². The zero-order valence-electron chi connectivity index (χ0n) is 20.9. The molecule has 0 aliphatic rings. The van der Waals surface area contributed by atoms with Crippen LogP contribution < -0.4 is 0 Å². The molecule has 0 fully saturated rings. The number of nitrogens with zero attached hydrogens (tertiary/aromatic N) is 3. The first-order valence-corrected chi connectivity index (χ1v) is 14.0. The van der Waals surface area contributed by atoms with E-state index in [0.717, 1.165) is 5.82 Å². The number of pyridine rings is 1. The summed E-state index contributed by atoms with van der Waals surface area (Å²) in [6.07, 6.45) is 2.06. The summed E-state index contributed by atoms with van der Waals surface area (Å²) in [5, 5.41) is 7.50. The molecule has 3 nitrogen and oxygen atoms in total. The maximum absolute atomic E-state index is 5.03. The summed E-state index contributed by atoms with van der Waals surface area (Å²) < 4.78 is 7.19. The van der Waals surface area contributed by atoms with Gasteiger partial charge in [-0.05, 0) is 48.5 Å². The topological polar surface area (TPSA) is 22.8 Å². The van der Waals surface area contributed by atoms with Crippen LogP contribution in [0.2, 0.25) is 0 Å². The Morgan fingerprint density at radius 2 is 0.949 bits per heavy atom. The van der Waals surface area contributed by atoms with E-state index in [2.05, 4.69) is 137 Å². The fourth-order valence-corrected chi connectivity index (χ4v) is 7.37. The van der Waals surface area contributed by atoms with Crippen molar-refractivity contribution >= 4 is 75.1 Å². The van der Waals surface area contributed by atoms with Gasteiger partial charge in [0, 0.05) is 53.6 Å². The summed E-state index contributed by atoms with van der Waals surface area (Å²) in [7, 11) is 0. The number of fused-ring (bicyclic) bond motifs is 9. The second-order valence-corrected chi connectivity index (χ2v) is 11.1. The molecule has 0 saturated heterocycles. The summed E-state index contributed by atoms with van der Waals surface area (Å²) in [5.74, 6) is 0.953. The lowest BCUT2D eigenvalue weighted by Crippen LogP contribution is -1.96. The van der Waals surface area contributed by atoms with E-state index in [0.29, 0.717) is 0 Å². The maximum Gasteiger partial charge on any atom is 0.138 e. The fourth-order valence-electron chi connectivity index (χ4n) is 6.28. The van der Waals surface area contributed by atoms with Gasteiger partial charge in [-0.1, -0.05) is 72.8 Å². The minimum atomic E-state index is 0.953. The molecule has 0 bridgehead atoms. The number of aromatic nitrogens is 3. The van der Waals surface area contributed by atoms with Gasteiger partial charge in [0.1, 0.15) is 5.82 Å². The molecule has 9 aromatic rings. The minimum absolute atomic E-state index is 0.953.